The van der Waals surface area contributed by atoms with Gasteiger partial charge in [-0.15, -0.1) is 0 Å². The minimum Gasteiger partial charge on any atom is -0.490 e. The molecule has 6 aromatic heterocycles. The van der Waals surface area contributed by atoms with Crippen molar-refractivity contribution in [1.29, 1.82) is 0 Å². The fourth-order valence-corrected chi connectivity index (χ4v) is 14.9. The Morgan fingerprint density at radius 1 is 0.189 bits per heavy atom. The fraction of sp³-hybridized carbons (Fsp3) is 0.0833. The molecule has 0 aliphatic carbocycles. The molecule has 0 amide bonds. The average molecular weight is 1370 g/mol. The molecular formula is C96H74N8O2. The van der Waals surface area contributed by atoms with E-state index in [1.165, 1.54) is 33.4 Å². The van der Waals surface area contributed by atoms with Gasteiger partial charge in [0.05, 0.1) is 45.6 Å². The van der Waals surface area contributed by atoms with Gasteiger partial charge in [-0.25, -0.2) is 19.9 Å². The first kappa shape index (κ1) is 64.6. The van der Waals surface area contributed by atoms with Gasteiger partial charge in [0.1, 0.15) is 24.7 Å². The number of benzene rings is 8. The Morgan fingerprint density at radius 3 is 0.481 bits per heavy atom. The van der Waals surface area contributed by atoms with E-state index in [9.17, 15) is 0 Å². The van der Waals surface area contributed by atoms with Crippen molar-refractivity contribution in [2.45, 2.75) is 41.5 Å². The predicted molar refractivity (Wildman–Crippen MR) is 441 cm³/mol. The minimum atomic E-state index is 0.318. The van der Waals surface area contributed by atoms with Crippen molar-refractivity contribution in [2.24, 2.45) is 0 Å². The molecule has 0 fully saturated rings. The van der Waals surface area contributed by atoms with Crippen molar-refractivity contribution in [1.82, 2.24) is 39.9 Å². The van der Waals surface area contributed by atoms with Crippen LogP contribution >= 0.6 is 0 Å². The van der Waals surface area contributed by atoms with Crippen LogP contribution in [0.2, 0.25) is 0 Å². The van der Waals surface area contributed by atoms with Gasteiger partial charge in [0, 0.05) is 88.6 Å². The van der Waals surface area contributed by atoms with Crippen molar-refractivity contribution in [3.63, 3.8) is 0 Å². The Morgan fingerprint density at radius 2 is 0.330 bits per heavy atom. The Bertz CT molecular complexity index is 5830. The van der Waals surface area contributed by atoms with Crippen molar-refractivity contribution in [3.05, 3.63) is 322 Å². The number of aryl methyl sites for hydroxylation is 6. The minimum absolute atomic E-state index is 0.318. The van der Waals surface area contributed by atoms with Crippen LogP contribution in [0, 0.1) is 41.5 Å². The number of nitrogens with zero attached hydrogens (tertiary/aromatic N) is 4. The van der Waals surface area contributed by atoms with E-state index < -0.39 is 0 Å². The summed E-state index contributed by atoms with van der Waals surface area (Å²) in [7, 11) is 0. The molecule has 0 spiro atoms. The molecule has 0 atom stereocenters. The third-order valence-corrected chi connectivity index (χ3v) is 20.5. The van der Waals surface area contributed by atoms with E-state index in [1.54, 1.807) is 0 Å². The lowest BCUT2D eigenvalue weighted by Gasteiger charge is -2.11. The summed E-state index contributed by atoms with van der Waals surface area (Å²) in [6, 6.07) is 86.2. The second-order valence-corrected chi connectivity index (χ2v) is 27.9. The van der Waals surface area contributed by atoms with Gasteiger partial charge in [0.2, 0.25) is 0 Å². The Labute approximate surface area is 615 Å². The van der Waals surface area contributed by atoms with Gasteiger partial charge in [-0.1, -0.05) is 203 Å². The molecule has 0 unspecified atom stereocenters. The zero-order valence-corrected chi connectivity index (χ0v) is 59.7. The highest BCUT2D eigenvalue weighted by Crippen LogP contribution is 2.43. The van der Waals surface area contributed by atoms with Crippen LogP contribution in [0.5, 0.6) is 11.5 Å². The number of nitrogens with one attached hydrogen (secondary N) is 4. The quantitative estimate of drug-likeness (QED) is 0.0850. The number of rotatable bonds is 13. The Balaban J connectivity index is 0.689. The Hall–Kier alpha value is -13.4. The van der Waals surface area contributed by atoms with Crippen LogP contribution in [0.4, 0.5) is 0 Å². The average Bonchev–Trinajstić information content (AvgIpc) is 1.62. The lowest BCUT2D eigenvalue weighted by Crippen LogP contribution is -2.08. The summed E-state index contributed by atoms with van der Waals surface area (Å²) in [5.74, 6) is 1.44. The maximum atomic E-state index is 6.48. The van der Waals surface area contributed by atoms with E-state index in [2.05, 4.69) is 328 Å². The molecule has 10 nitrogen and oxygen atoms in total. The molecule has 4 aliphatic rings. The molecule has 16 bridgehead atoms. The first-order valence-electron chi connectivity index (χ1n) is 36.1. The fourth-order valence-electron chi connectivity index (χ4n) is 14.9. The third kappa shape index (κ3) is 12.4. The van der Waals surface area contributed by atoms with E-state index >= 15 is 0 Å². The van der Waals surface area contributed by atoms with Crippen LogP contribution in [0.3, 0.4) is 0 Å². The van der Waals surface area contributed by atoms with Crippen molar-refractivity contribution < 1.29 is 9.47 Å². The summed E-state index contributed by atoms with van der Waals surface area (Å²) in [5, 5.41) is 0. The van der Waals surface area contributed by atoms with Crippen molar-refractivity contribution in [2.75, 3.05) is 13.2 Å². The molecule has 510 valence electrons. The SMILES string of the molecule is Cc1ccc(-c2c3nc(c(-c4ccc(C)cc4)c4ccc([nH]4)c(-c4ccc(OCCOc5ccc(-c6c7nc(c(-c8ccc(C)cc8)c8ccc([nH]8)c(-c8ccc(C)cc8)c8nc(c(-c9ccc(C)cc9)c9ccc6[nH]9)C=C8)C=C7)cc5)cc4)c4nc(c(-c5ccc(C)cc5)c5ccc2[nH]5)C=C4)C=C3)cc1. The number of ether oxygens (including phenoxy) is 2. The highest BCUT2D eigenvalue weighted by Gasteiger charge is 2.23. The van der Waals surface area contributed by atoms with Crippen LogP contribution in [-0.4, -0.2) is 53.1 Å². The maximum absolute atomic E-state index is 6.48. The molecule has 10 heteroatoms. The molecule has 10 heterocycles. The molecule has 8 aromatic carbocycles. The first-order valence-corrected chi connectivity index (χ1v) is 36.1. The summed E-state index contributed by atoms with van der Waals surface area (Å²) < 4.78 is 13.0. The summed E-state index contributed by atoms with van der Waals surface area (Å²) in [6.45, 7) is 13.4. The molecular weight excluding hydrogens is 1300 g/mol. The summed E-state index contributed by atoms with van der Waals surface area (Å²) in [6.07, 6.45) is 17.2. The molecule has 0 radical (unpaired) electrons. The standard InChI is InChI=1S/C96H74N8O2/c1-57-7-19-63(20-8-57)89-73-39-43-77(97-73)91(65-23-11-59(3)12-24-65)81-47-51-85(101-81)95(86-52-48-82(102-86)92(78-44-40-74(89)98-78)66-25-13-60(4)14-26-66)69-31-35-71(36-32-69)105-55-56-106-72-37-33-70(34-38-72)96-87-53-49-83(103-87)93(67-27-15-61(5)16-28-67)79-45-41-75(99-79)90(64-21-9-58(2)10-22-64)76-42-46-80(100-76)94(84-50-54-88(96)104-84)68-29-17-62(6)18-30-68/h7-54,97,99,102,104H,55-56H2,1-6H3. The monoisotopic (exact) mass is 1370 g/mol. The number of aromatic nitrogens is 8. The first-order chi connectivity index (χ1) is 51.9. The van der Waals surface area contributed by atoms with Crippen LogP contribution in [0.1, 0.15) is 78.9 Å². The van der Waals surface area contributed by atoms with E-state index in [-0.39, 0.29) is 0 Å². The van der Waals surface area contributed by atoms with Gasteiger partial charge in [-0.05, 0) is 207 Å². The summed E-state index contributed by atoms with van der Waals surface area (Å²) >= 11 is 0. The number of H-pyrrole nitrogens is 4. The Kier molecular flexibility index (Phi) is 16.5. The maximum Gasteiger partial charge on any atom is 0.122 e. The van der Waals surface area contributed by atoms with E-state index in [1.807, 2.05) is 24.3 Å². The molecule has 18 rings (SSSR count). The highest BCUT2D eigenvalue weighted by molar-refractivity contribution is 6.03. The molecule has 4 N–H and O–H groups in total. The molecule has 14 aromatic rings. The van der Waals surface area contributed by atoms with Crippen molar-refractivity contribution >= 4 is 92.7 Å². The zero-order chi connectivity index (χ0) is 71.5. The molecule has 0 saturated heterocycles. The van der Waals surface area contributed by atoms with E-state index in [0.717, 1.165) is 190 Å². The zero-order valence-electron chi connectivity index (χ0n) is 59.7. The van der Waals surface area contributed by atoms with Gasteiger partial charge in [0.15, 0.2) is 0 Å². The second kappa shape index (κ2) is 27.1. The lowest BCUT2D eigenvalue weighted by molar-refractivity contribution is 0.217. The van der Waals surface area contributed by atoms with Gasteiger partial charge < -0.3 is 29.4 Å². The third-order valence-electron chi connectivity index (χ3n) is 20.5. The van der Waals surface area contributed by atoms with Crippen molar-refractivity contribution in [3.8, 4) is 101 Å². The number of hydrogen-bond acceptors (Lipinski definition) is 6. The predicted octanol–water partition coefficient (Wildman–Crippen LogP) is 24.3. The van der Waals surface area contributed by atoms with Gasteiger partial charge in [-0.3, -0.25) is 0 Å². The van der Waals surface area contributed by atoms with Gasteiger partial charge in [-0.2, -0.15) is 0 Å². The van der Waals surface area contributed by atoms with Crippen LogP contribution in [0.15, 0.2) is 243 Å². The number of hydrogen-bond donors (Lipinski definition) is 4. The summed E-state index contributed by atoms with van der Waals surface area (Å²) in [4.78, 5) is 37.8. The lowest BCUT2D eigenvalue weighted by atomic mass is 10.0. The van der Waals surface area contributed by atoms with Crippen LogP contribution in [0.25, 0.3) is 182 Å². The topological polar surface area (TPSA) is 133 Å². The second-order valence-electron chi connectivity index (χ2n) is 27.9. The van der Waals surface area contributed by atoms with Crippen LogP contribution < -0.4 is 9.47 Å². The number of fused-ring (bicyclic) bond motifs is 16. The normalized spacial score (nSPS) is 12.2. The highest BCUT2D eigenvalue weighted by atomic mass is 16.5. The van der Waals surface area contributed by atoms with Gasteiger partial charge >= 0.3 is 0 Å². The smallest absolute Gasteiger partial charge is 0.122 e. The van der Waals surface area contributed by atoms with Gasteiger partial charge in [0.25, 0.3) is 0 Å². The molecule has 0 saturated carbocycles. The van der Waals surface area contributed by atoms with Crippen LogP contribution in [-0.2, 0) is 0 Å². The number of aromatic amines is 4. The molecule has 106 heavy (non-hydrogen) atoms. The summed E-state index contributed by atoms with van der Waals surface area (Å²) in [5.41, 5.74) is 37.8. The largest absolute Gasteiger partial charge is 0.490 e. The van der Waals surface area contributed by atoms with E-state index in [4.69, 9.17) is 29.4 Å². The molecule has 4 aliphatic heterocycles. The van der Waals surface area contributed by atoms with E-state index in [0.29, 0.717) is 13.2 Å².